The number of carbonyl (C=O) groups is 1. The van der Waals surface area contributed by atoms with E-state index in [0.717, 1.165) is 23.8 Å². The molecule has 7 nitrogen and oxygen atoms in total. The summed E-state index contributed by atoms with van der Waals surface area (Å²) in [7, 11) is 1.42. The molecule has 0 spiro atoms. The fourth-order valence-corrected chi connectivity index (χ4v) is 2.29. The molecule has 1 heterocycles. The minimum absolute atomic E-state index is 0.164. The van der Waals surface area contributed by atoms with Gasteiger partial charge in [0.05, 0.1) is 13.0 Å². The summed E-state index contributed by atoms with van der Waals surface area (Å²) in [5.74, 6) is -0.320. The first-order valence-corrected chi connectivity index (χ1v) is 8.34. The van der Waals surface area contributed by atoms with Crippen LogP contribution in [0, 0.1) is 0 Å². The average molecular weight is 337 g/mol. The van der Waals surface area contributed by atoms with E-state index >= 15 is 0 Å². The highest BCUT2D eigenvalue weighted by atomic mass is 16.5. The molecule has 0 radical (unpaired) electrons. The Morgan fingerprint density at radius 2 is 2.08 bits per heavy atom. The van der Waals surface area contributed by atoms with Crippen LogP contribution >= 0.6 is 0 Å². The van der Waals surface area contributed by atoms with Crippen molar-refractivity contribution in [2.75, 3.05) is 18.5 Å². The van der Waals surface area contributed by atoms with Crippen LogP contribution in [0.3, 0.4) is 0 Å². The van der Waals surface area contributed by atoms with Gasteiger partial charge in [-0.1, -0.05) is 12.2 Å². The number of hydrogen-bond acceptors (Lipinski definition) is 5. The van der Waals surface area contributed by atoms with E-state index in [0.29, 0.717) is 24.4 Å². The summed E-state index contributed by atoms with van der Waals surface area (Å²) in [5, 5.41) is 2.97. The molecular formula is C17H27N3O4. The minimum atomic E-state index is -0.431. The maximum atomic E-state index is 12.3. The Morgan fingerprint density at radius 3 is 2.75 bits per heavy atom. The number of aromatic amines is 1. The topological polar surface area (TPSA) is 93.2 Å². The number of nitrogens with zero attached hydrogens (tertiary/aromatic N) is 1. The van der Waals surface area contributed by atoms with Crippen LogP contribution in [0.5, 0.6) is 0 Å². The van der Waals surface area contributed by atoms with Gasteiger partial charge in [0.15, 0.2) is 0 Å². The zero-order valence-electron chi connectivity index (χ0n) is 14.7. The summed E-state index contributed by atoms with van der Waals surface area (Å²) in [6, 6.07) is 0. The molecule has 0 saturated heterocycles. The van der Waals surface area contributed by atoms with Gasteiger partial charge in [0.25, 0.3) is 5.56 Å². The van der Waals surface area contributed by atoms with Gasteiger partial charge in [0.2, 0.25) is 0 Å². The smallest absolute Gasteiger partial charge is 0.328 e. The van der Waals surface area contributed by atoms with E-state index < -0.39 is 5.69 Å². The maximum absolute atomic E-state index is 12.3. The van der Waals surface area contributed by atoms with Crippen LogP contribution in [0.1, 0.15) is 45.2 Å². The number of allylic oxidation sites excluding steroid dienone is 2. The first-order chi connectivity index (χ1) is 11.5. The highest BCUT2D eigenvalue weighted by Crippen LogP contribution is 2.10. The van der Waals surface area contributed by atoms with Gasteiger partial charge < -0.3 is 15.0 Å². The third-order valence-corrected chi connectivity index (χ3v) is 3.60. The van der Waals surface area contributed by atoms with Crippen molar-refractivity contribution in [2.24, 2.45) is 7.05 Å². The third kappa shape index (κ3) is 6.06. The molecule has 1 aromatic heterocycles. The van der Waals surface area contributed by atoms with E-state index in [-0.39, 0.29) is 24.5 Å². The van der Waals surface area contributed by atoms with Crippen LogP contribution in [0.4, 0.5) is 5.69 Å². The van der Waals surface area contributed by atoms with Gasteiger partial charge in [0, 0.05) is 19.3 Å². The van der Waals surface area contributed by atoms with Crippen LogP contribution in [0.15, 0.2) is 21.7 Å². The Bertz CT molecular complexity index is 673. The van der Waals surface area contributed by atoms with Crippen molar-refractivity contribution < 1.29 is 9.53 Å². The Labute approximate surface area is 141 Å². The van der Waals surface area contributed by atoms with Gasteiger partial charge in [-0.3, -0.25) is 14.2 Å². The predicted octanol–water partition coefficient (Wildman–Crippen LogP) is 1.73. The predicted molar refractivity (Wildman–Crippen MR) is 94.4 cm³/mol. The number of rotatable bonds is 10. The fourth-order valence-electron chi connectivity index (χ4n) is 2.29. The Balaban J connectivity index is 2.79. The van der Waals surface area contributed by atoms with E-state index in [1.165, 1.54) is 7.05 Å². The van der Waals surface area contributed by atoms with Gasteiger partial charge in [0.1, 0.15) is 5.69 Å². The molecule has 0 fully saturated rings. The van der Waals surface area contributed by atoms with Gasteiger partial charge >= 0.3 is 11.7 Å². The monoisotopic (exact) mass is 337 g/mol. The van der Waals surface area contributed by atoms with Gasteiger partial charge in [-0.05, 0) is 39.5 Å². The van der Waals surface area contributed by atoms with Crippen LogP contribution in [0.2, 0.25) is 0 Å². The number of ether oxygens (including phenoxy) is 1. The van der Waals surface area contributed by atoms with Crippen molar-refractivity contribution >= 4 is 11.7 Å². The van der Waals surface area contributed by atoms with E-state index in [1.807, 2.05) is 13.0 Å². The number of nitrogens with one attached hydrogen (secondary N) is 2. The molecule has 0 aliphatic rings. The molecule has 0 bridgehead atoms. The lowest BCUT2D eigenvalue weighted by Crippen LogP contribution is -2.36. The Hall–Kier alpha value is -2.31. The van der Waals surface area contributed by atoms with Crippen LogP contribution in [-0.2, 0) is 23.0 Å². The van der Waals surface area contributed by atoms with Crippen molar-refractivity contribution in [3.8, 4) is 0 Å². The van der Waals surface area contributed by atoms with Crippen LogP contribution in [-0.4, -0.2) is 28.7 Å². The SMILES string of the molecule is C/C=C/CCCCc1[nH]c(=O)n(C)c(=O)c1NCCC(=O)OCC. The lowest BCUT2D eigenvalue weighted by atomic mass is 10.1. The second kappa shape index (κ2) is 10.5. The van der Waals surface area contributed by atoms with E-state index in [4.69, 9.17) is 4.74 Å². The van der Waals surface area contributed by atoms with Crippen molar-refractivity contribution in [3.05, 3.63) is 38.7 Å². The summed E-state index contributed by atoms with van der Waals surface area (Å²) >= 11 is 0. The molecule has 0 aromatic carbocycles. The summed E-state index contributed by atoms with van der Waals surface area (Å²) in [4.78, 5) is 38.2. The number of hydrogen-bond donors (Lipinski definition) is 2. The number of aromatic nitrogens is 2. The number of anilines is 1. The molecule has 0 unspecified atom stereocenters. The van der Waals surface area contributed by atoms with E-state index in [2.05, 4.69) is 16.4 Å². The molecule has 0 amide bonds. The first kappa shape index (κ1) is 19.7. The minimum Gasteiger partial charge on any atom is -0.466 e. The van der Waals surface area contributed by atoms with Crippen LogP contribution in [0.25, 0.3) is 0 Å². The van der Waals surface area contributed by atoms with E-state index in [1.54, 1.807) is 6.92 Å². The van der Waals surface area contributed by atoms with Gasteiger partial charge in [-0.2, -0.15) is 0 Å². The lowest BCUT2D eigenvalue weighted by Gasteiger charge is -2.12. The normalized spacial score (nSPS) is 11.0. The summed E-state index contributed by atoms with van der Waals surface area (Å²) in [6.07, 6.45) is 7.66. The zero-order valence-corrected chi connectivity index (χ0v) is 14.7. The zero-order chi connectivity index (χ0) is 17.9. The lowest BCUT2D eigenvalue weighted by molar-refractivity contribution is -0.142. The molecule has 0 aliphatic carbocycles. The summed E-state index contributed by atoms with van der Waals surface area (Å²) in [6.45, 7) is 4.33. The summed E-state index contributed by atoms with van der Waals surface area (Å²) < 4.78 is 5.88. The fraction of sp³-hybridized carbons (Fsp3) is 0.588. The van der Waals surface area contributed by atoms with Crippen molar-refractivity contribution in [1.29, 1.82) is 0 Å². The second-order valence-corrected chi connectivity index (χ2v) is 5.44. The van der Waals surface area contributed by atoms with E-state index in [9.17, 15) is 14.4 Å². The van der Waals surface area contributed by atoms with Crippen LogP contribution < -0.4 is 16.6 Å². The Kier molecular flexibility index (Phi) is 8.60. The molecule has 0 aliphatic heterocycles. The molecule has 1 aromatic rings. The molecule has 1 rings (SSSR count). The highest BCUT2D eigenvalue weighted by molar-refractivity contribution is 5.70. The van der Waals surface area contributed by atoms with Gasteiger partial charge in [-0.25, -0.2) is 4.79 Å². The highest BCUT2D eigenvalue weighted by Gasteiger charge is 2.12. The first-order valence-electron chi connectivity index (χ1n) is 8.34. The number of carbonyl (C=O) groups excluding carboxylic acids is 1. The van der Waals surface area contributed by atoms with Crippen molar-refractivity contribution in [3.63, 3.8) is 0 Å². The van der Waals surface area contributed by atoms with Crippen molar-refractivity contribution in [2.45, 2.75) is 46.0 Å². The largest absolute Gasteiger partial charge is 0.466 e. The summed E-state index contributed by atoms with van der Waals surface area (Å²) in [5.41, 5.74) is 0.130. The van der Waals surface area contributed by atoms with Gasteiger partial charge in [-0.15, -0.1) is 0 Å². The molecule has 24 heavy (non-hydrogen) atoms. The molecule has 2 N–H and O–H groups in total. The standard InChI is InChI=1S/C17H27N3O4/c1-4-6-7-8-9-10-13-15(16(22)20(3)17(23)19-13)18-12-11-14(21)24-5-2/h4,6,18H,5,7-12H2,1-3H3,(H,19,23)/b6-4+. The Morgan fingerprint density at radius 1 is 1.33 bits per heavy atom. The van der Waals surface area contributed by atoms with Crippen molar-refractivity contribution in [1.82, 2.24) is 9.55 Å². The average Bonchev–Trinajstić information content (AvgIpc) is 2.55. The molecular weight excluding hydrogens is 310 g/mol. The number of aryl methyl sites for hydroxylation is 1. The molecule has 0 saturated carbocycles. The number of H-pyrrole nitrogens is 1. The number of unbranched alkanes of at least 4 members (excludes halogenated alkanes) is 2. The third-order valence-electron chi connectivity index (χ3n) is 3.60. The maximum Gasteiger partial charge on any atom is 0.328 e. The molecule has 0 atom stereocenters. The quantitative estimate of drug-likeness (QED) is 0.385. The number of esters is 1. The molecule has 134 valence electrons. The second-order valence-electron chi connectivity index (χ2n) is 5.44. The molecule has 7 heteroatoms.